The van der Waals surface area contributed by atoms with Crippen LogP contribution in [0, 0.1) is 0 Å². The molecule has 102 valence electrons. The Balaban J connectivity index is 2.76. The van der Waals surface area contributed by atoms with Gasteiger partial charge < -0.3 is 19.6 Å². The minimum Gasteiger partial charge on any atom is -0.480 e. The average Bonchev–Trinajstić information content (AvgIpc) is 2.37. The van der Waals surface area contributed by atoms with E-state index >= 15 is 0 Å². The summed E-state index contributed by atoms with van der Waals surface area (Å²) in [6.45, 7) is 7.34. The van der Waals surface area contributed by atoms with E-state index in [1.807, 2.05) is 6.92 Å². The normalized spacial score (nSPS) is 19.4. The number of carboxylic acid groups (broad SMARTS) is 1. The molecule has 6 heteroatoms. The number of ether oxygens (including phenoxy) is 1. The Bertz CT molecular complexity index is 319. The number of nitrogens with zero attached hydrogens (tertiary/aromatic N) is 2. The lowest BCUT2D eigenvalue weighted by Gasteiger charge is -2.36. The first kappa shape index (κ1) is 14.5. The van der Waals surface area contributed by atoms with E-state index in [0.717, 1.165) is 6.42 Å². The zero-order chi connectivity index (χ0) is 13.5. The molecule has 1 aliphatic heterocycles. The lowest BCUT2D eigenvalue weighted by atomic mass is 10.2. The standard InChI is InChI=1S/C12H20N2O4/c1-3-5-13(6-4-2)12(17)14-7-8-18-9-10(14)11(15)16/h3,10H,1,4-9H2,2H3,(H,15,16). The maximum atomic E-state index is 12.3. The lowest BCUT2D eigenvalue weighted by Crippen LogP contribution is -2.56. The van der Waals surface area contributed by atoms with Gasteiger partial charge in [-0.05, 0) is 6.42 Å². The number of hydrogen-bond acceptors (Lipinski definition) is 3. The fraction of sp³-hybridized carbons (Fsp3) is 0.667. The number of carboxylic acids is 1. The highest BCUT2D eigenvalue weighted by Crippen LogP contribution is 2.11. The van der Waals surface area contributed by atoms with Gasteiger partial charge in [-0.25, -0.2) is 9.59 Å². The fourth-order valence-electron chi connectivity index (χ4n) is 1.91. The molecular formula is C12H20N2O4. The summed E-state index contributed by atoms with van der Waals surface area (Å²) in [5.74, 6) is -1.03. The molecule has 6 nitrogen and oxygen atoms in total. The van der Waals surface area contributed by atoms with E-state index in [4.69, 9.17) is 9.84 Å². The third-order valence-corrected chi connectivity index (χ3v) is 2.77. The van der Waals surface area contributed by atoms with E-state index in [0.29, 0.717) is 26.2 Å². The van der Waals surface area contributed by atoms with E-state index in [1.165, 1.54) is 4.90 Å². The first-order valence-corrected chi connectivity index (χ1v) is 6.08. The van der Waals surface area contributed by atoms with Gasteiger partial charge in [0.1, 0.15) is 0 Å². The van der Waals surface area contributed by atoms with Crippen molar-refractivity contribution >= 4 is 12.0 Å². The Hall–Kier alpha value is -1.56. The topological polar surface area (TPSA) is 70.1 Å². The van der Waals surface area contributed by atoms with Crippen molar-refractivity contribution in [1.82, 2.24) is 9.80 Å². The van der Waals surface area contributed by atoms with Gasteiger partial charge in [-0.15, -0.1) is 6.58 Å². The van der Waals surface area contributed by atoms with Crippen molar-refractivity contribution in [3.05, 3.63) is 12.7 Å². The molecular weight excluding hydrogens is 236 g/mol. The van der Waals surface area contributed by atoms with Gasteiger partial charge >= 0.3 is 12.0 Å². The zero-order valence-corrected chi connectivity index (χ0v) is 10.7. The van der Waals surface area contributed by atoms with Gasteiger partial charge in [0.05, 0.1) is 13.2 Å². The number of urea groups is 1. The summed E-state index contributed by atoms with van der Waals surface area (Å²) in [6, 6.07) is -1.15. The molecule has 1 fully saturated rings. The molecule has 0 saturated carbocycles. The smallest absolute Gasteiger partial charge is 0.328 e. The molecule has 0 aliphatic carbocycles. The molecule has 0 aromatic heterocycles. The van der Waals surface area contributed by atoms with Crippen LogP contribution in [0.3, 0.4) is 0 Å². The highest BCUT2D eigenvalue weighted by molar-refractivity contribution is 5.83. The Morgan fingerprint density at radius 3 is 2.89 bits per heavy atom. The van der Waals surface area contributed by atoms with Crippen LogP contribution in [0.25, 0.3) is 0 Å². The number of aliphatic carboxylic acids is 1. The van der Waals surface area contributed by atoms with Gasteiger partial charge in [0.2, 0.25) is 0 Å². The molecule has 0 spiro atoms. The largest absolute Gasteiger partial charge is 0.480 e. The van der Waals surface area contributed by atoms with Crippen molar-refractivity contribution in [1.29, 1.82) is 0 Å². The summed E-state index contributed by atoms with van der Waals surface area (Å²) < 4.78 is 5.11. The third-order valence-electron chi connectivity index (χ3n) is 2.77. The van der Waals surface area contributed by atoms with Crippen molar-refractivity contribution in [2.24, 2.45) is 0 Å². The van der Waals surface area contributed by atoms with Crippen LogP contribution in [0.15, 0.2) is 12.7 Å². The van der Waals surface area contributed by atoms with Crippen LogP contribution in [-0.2, 0) is 9.53 Å². The minimum absolute atomic E-state index is 0.0507. The third kappa shape index (κ3) is 3.46. The monoisotopic (exact) mass is 256 g/mol. The molecule has 0 aromatic rings. The van der Waals surface area contributed by atoms with E-state index in [1.54, 1.807) is 11.0 Å². The number of carbonyl (C=O) groups excluding carboxylic acids is 1. The molecule has 0 radical (unpaired) electrons. The molecule has 1 unspecified atom stereocenters. The summed E-state index contributed by atoms with van der Waals surface area (Å²) in [6.07, 6.45) is 2.46. The number of carbonyl (C=O) groups is 2. The van der Waals surface area contributed by atoms with Gasteiger partial charge in [-0.3, -0.25) is 0 Å². The van der Waals surface area contributed by atoms with E-state index in [2.05, 4.69) is 6.58 Å². The Morgan fingerprint density at radius 1 is 1.61 bits per heavy atom. The van der Waals surface area contributed by atoms with Crippen molar-refractivity contribution in [3.63, 3.8) is 0 Å². The van der Waals surface area contributed by atoms with Crippen molar-refractivity contribution in [2.75, 3.05) is 32.8 Å². The van der Waals surface area contributed by atoms with E-state index in [-0.39, 0.29) is 12.6 Å². The van der Waals surface area contributed by atoms with Crippen LogP contribution in [-0.4, -0.2) is 65.8 Å². The second-order valence-corrected chi connectivity index (χ2v) is 4.14. The molecule has 0 aromatic carbocycles. The van der Waals surface area contributed by atoms with Gasteiger partial charge in [-0.1, -0.05) is 13.0 Å². The SMILES string of the molecule is C=CCN(CCC)C(=O)N1CCOCC1C(=O)O. The summed E-state index contributed by atoms with van der Waals surface area (Å²) in [7, 11) is 0. The van der Waals surface area contributed by atoms with Gasteiger partial charge in [0, 0.05) is 19.6 Å². The molecule has 1 heterocycles. The second-order valence-electron chi connectivity index (χ2n) is 4.14. The number of rotatable bonds is 5. The zero-order valence-electron chi connectivity index (χ0n) is 10.7. The predicted octanol–water partition coefficient (Wildman–Crippen LogP) is 0.790. The molecule has 1 rings (SSSR count). The molecule has 1 N–H and O–H groups in total. The molecule has 1 aliphatic rings. The Labute approximate surface area is 107 Å². The quantitative estimate of drug-likeness (QED) is 0.738. The summed E-state index contributed by atoms with van der Waals surface area (Å²) in [5.41, 5.74) is 0. The first-order valence-electron chi connectivity index (χ1n) is 6.08. The highest BCUT2D eigenvalue weighted by Gasteiger charge is 2.34. The Kier molecular flexibility index (Phi) is 5.64. The molecule has 18 heavy (non-hydrogen) atoms. The van der Waals surface area contributed by atoms with Crippen LogP contribution >= 0.6 is 0 Å². The van der Waals surface area contributed by atoms with Crippen LogP contribution < -0.4 is 0 Å². The first-order chi connectivity index (χ1) is 8.61. The molecule has 1 atom stereocenters. The van der Waals surface area contributed by atoms with Crippen LogP contribution in [0.2, 0.25) is 0 Å². The lowest BCUT2D eigenvalue weighted by molar-refractivity contribution is -0.147. The summed E-state index contributed by atoms with van der Waals surface area (Å²) >= 11 is 0. The molecule has 0 bridgehead atoms. The van der Waals surface area contributed by atoms with Gasteiger partial charge in [-0.2, -0.15) is 0 Å². The van der Waals surface area contributed by atoms with Crippen LogP contribution in [0.5, 0.6) is 0 Å². The van der Waals surface area contributed by atoms with Crippen LogP contribution in [0.1, 0.15) is 13.3 Å². The van der Waals surface area contributed by atoms with Gasteiger partial charge in [0.25, 0.3) is 0 Å². The number of hydrogen-bond donors (Lipinski definition) is 1. The Morgan fingerprint density at radius 2 is 2.33 bits per heavy atom. The average molecular weight is 256 g/mol. The highest BCUT2D eigenvalue weighted by atomic mass is 16.5. The molecule has 2 amide bonds. The van der Waals surface area contributed by atoms with Crippen molar-refractivity contribution < 1.29 is 19.4 Å². The van der Waals surface area contributed by atoms with E-state index < -0.39 is 12.0 Å². The maximum Gasteiger partial charge on any atom is 0.328 e. The van der Waals surface area contributed by atoms with Crippen LogP contribution in [0.4, 0.5) is 4.79 Å². The van der Waals surface area contributed by atoms with Crippen molar-refractivity contribution in [2.45, 2.75) is 19.4 Å². The predicted molar refractivity (Wildman–Crippen MR) is 66.4 cm³/mol. The molecule has 1 saturated heterocycles. The summed E-state index contributed by atoms with van der Waals surface area (Å²) in [5, 5.41) is 9.09. The van der Waals surface area contributed by atoms with Crippen molar-refractivity contribution in [3.8, 4) is 0 Å². The van der Waals surface area contributed by atoms with Gasteiger partial charge in [0.15, 0.2) is 6.04 Å². The minimum atomic E-state index is -1.03. The van der Waals surface area contributed by atoms with E-state index in [9.17, 15) is 9.59 Å². The maximum absolute atomic E-state index is 12.3. The second kappa shape index (κ2) is 7.00. The summed E-state index contributed by atoms with van der Waals surface area (Å²) in [4.78, 5) is 26.3. The number of morpholine rings is 1. The number of amides is 2. The fourth-order valence-corrected chi connectivity index (χ4v) is 1.91.